The monoisotopic (exact) mass is 270 g/mol. The Hall–Kier alpha value is -0.650. The molecule has 19 heavy (non-hydrogen) atoms. The lowest BCUT2D eigenvalue weighted by atomic mass is 9.92. The van der Waals surface area contributed by atoms with Gasteiger partial charge in [0.2, 0.25) is 5.91 Å². The molecule has 2 aliphatic rings. The van der Waals surface area contributed by atoms with Gasteiger partial charge in [-0.3, -0.25) is 4.79 Å². The molecule has 0 bridgehead atoms. The van der Waals surface area contributed by atoms with Gasteiger partial charge in [0.05, 0.1) is 24.7 Å². The van der Waals surface area contributed by atoms with E-state index < -0.39 is 5.60 Å². The number of rotatable bonds is 4. The number of nitrogens with zero attached hydrogens (tertiary/aromatic N) is 1. The van der Waals surface area contributed by atoms with Gasteiger partial charge >= 0.3 is 0 Å². The number of ether oxygens (including phenoxy) is 1. The van der Waals surface area contributed by atoms with Gasteiger partial charge in [-0.15, -0.1) is 0 Å². The number of likely N-dealkylation sites (tertiary alicyclic amines) is 1. The maximum absolute atomic E-state index is 12.5. The molecule has 0 aliphatic carbocycles. The number of piperidine rings is 1. The van der Waals surface area contributed by atoms with Gasteiger partial charge in [0.25, 0.3) is 0 Å². The van der Waals surface area contributed by atoms with E-state index in [0.29, 0.717) is 39.1 Å². The summed E-state index contributed by atoms with van der Waals surface area (Å²) in [7, 11) is 0. The Morgan fingerprint density at radius 1 is 1.42 bits per heavy atom. The first-order valence-electron chi connectivity index (χ1n) is 7.36. The largest absolute Gasteiger partial charge is 0.390 e. The van der Waals surface area contributed by atoms with Crippen LogP contribution in [0.2, 0.25) is 0 Å². The van der Waals surface area contributed by atoms with Crippen molar-refractivity contribution in [2.75, 3.05) is 32.8 Å². The molecular formula is C14H26N2O3. The molecule has 2 saturated heterocycles. The van der Waals surface area contributed by atoms with Gasteiger partial charge in [0, 0.05) is 19.1 Å². The highest BCUT2D eigenvalue weighted by Gasteiger charge is 2.38. The number of carbonyl (C=O) groups is 1. The third kappa shape index (κ3) is 3.68. The van der Waals surface area contributed by atoms with Crippen LogP contribution in [0.1, 0.15) is 33.1 Å². The molecule has 5 heteroatoms. The summed E-state index contributed by atoms with van der Waals surface area (Å²) < 4.78 is 5.46. The molecule has 2 fully saturated rings. The molecule has 0 aromatic rings. The third-order valence-electron chi connectivity index (χ3n) is 4.21. The maximum Gasteiger partial charge on any atom is 0.229 e. The number of hydrogen-bond donors (Lipinski definition) is 2. The van der Waals surface area contributed by atoms with Crippen molar-refractivity contribution in [2.24, 2.45) is 5.92 Å². The summed E-state index contributed by atoms with van der Waals surface area (Å²) in [4.78, 5) is 14.4. The van der Waals surface area contributed by atoms with Gasteiger partial charge in [0.15, 0.2) is 0 Å². The van der Waals surface area contributed by atoms with E-state index in [1.165, 1.54) is 0 Å². The molecule has 0 spiro atoms. The highest BCUT2D eigenvalue weighted by atomic mass is 16.5. The van der Waals surface area contributed by atoms with Crippen molar-refractivity contribution >= 4 is 5.91 Å². The summed E-state index contributed by atoms with van der Waals surface area (Å²) in [6.07, 6.45) is 2.39. The highest BCUT2D eigenvalue weighted by Crippen LogP contribution is 2.24. The first kappa shape index (κ1) is 14.8. The number of nitrogens with one attached hydrogen (secondary N) is 1. The number of aliphatic hydroxyl groups is 1. The van der Waals surface area contributed by atoms with E-state index in [4.69, 9.17) is 4.74 Å². The Labute approximate surface area is 115 Å². The topological polar surface area (TPSA) is 61.8 Å². The van der Waals surface area contributed by atoms with Crippen molar-refractivity contribution in [3.63, 3.8) is 0 Å². The van der Waals surface area contributed by atoms with Gasteiger partial charge < -0.3 is 20.1 Å². The summed E-state index contributed by atoms with van der Waals surface area (Å²) >= 11 is 0. The van der Waals surface area contributed by atoms with E-state index in [-0.39, 0.29) is 17.9 Å². The standard InChI is InChI=1S/C14H26N2O3/c1-3-6-15-12-10-19-9-11(12)13(17)16-7-4-14(2,18)5-8-16/h11-12,15,18H,3-10H2,1-2H3. The Morgan fingerprint density at radius 2 is 2.11 bits per heavy atom. The Morgan fingerprint density at radius 3 is 2.74 bits per heavy atom. The molecule has 0 aromatic heterocycles. The molecule has 0 radical (unpaired) electrons. The SMILES string of the molecule is CCCNC1COCC1C(=O)N1CCC(C)(O)CC1. The predicted molar refractivity (Wildman–Crippen MR) is 72.8 cm³/mol. The lowest BCUT2D eigenvalue weighted by Crippen LogP contribution is -2.50. The molecule has 110 valence electrons. The van der Waals surface area contributed by atoms with E-state index in [0.717, 1.165) is 13.0 Å². The molecule has 2 aliphatic heterocycles. The van der Waals surface area contributed by atoms with Crippen LogP contribution in [0.15, 0.2) is 0 Å². The van der Waals surface area contributed by atoms with Crippen LogP contribution in [0.25, 0.3) is 0 Å². The van der Waals surface area contributed by atoms with E-state index in [1.807, 2.05) is 11.8 Å². The average Bonchev–Trinajstić information content (AvgIpc) is 2.83. The second kappa shape index (κ2) is 6.20. The predicted octanol–water partition coefficient (Wildman–Crippen LogP) is 0.374. The average molecular weight is 270 g/mol. The summed E-state index contributed by atoms with van der Waals surface area (Å²) in [5.74, 6) is 0.121. The van der Waals surface area contributed by atoms with Crippen LogP contribution < -0.4 is 5.32 Å². The fourth-order valence-corrected chi connectivity index (χ4v) is 2.77. The molecular weight excluding hydrogens is 244 g/mol. The normalized spacial score (nSPS) is 30.6. The van der Waals surface area contributed by atoms with E-state index in [2.05, 4.69) is 12.2 Å². The number of amides is 1. The van der Waals surface area contributed by atoms with Crippen molar-refractivity contribution in [1.82, 2.24) is 10.2 Å². The van der Waals surface area contributed by atoms with Crippen molar-refractivity contribution in [3.8, 4) is 0 Å². The maximum atomic E-state index is 12.5. The van der Waals surface area contributed by atoms with Crippen LogP contribution in [0, 0.1) is 5.92 Å². The molecule has 2 N–H and O–H groups in total. The van der Waals surface area contributed by atoms with Crippen molar-refractivity contribution in [3.05, 3.63) is 0 Å². The molecule has 2 unspecified atom stereocenters. The molecule has 2 atom stereocenters. The van der Waals surface area contributed by atoms with Gasteiger partial charge in [-0.25, -0.2) is 0 Å². The summed E-state index contributed by atoms with van der Waals surface area (Å²) in [5, 5.41) is 13.3. The second-order valence-corrected chi connectivity index (χ2v) is 6.03. The van der Waals surface area contributed by atoms with Crippen molar-refractivity contribution < 1.29 is 14.6 Å². The second-order valence-electron chi connectivity index (χ2n) is 6.03. The Bertz CT molecular complexity index is 310. The quantitative estimate of drug-likeness (QED) is 0.775. The van der Waals surface area contributed by atoms with E-state index in [9.17, 15) is 9.90 Å². The fourth-order valence-electron chi connectivity index (χ4n) is 2.77. The molecule has 0 aromatic carbocycles. The van der Waals surface area contributed by atoms with Crippen LogP contribution >= 0.6 is 0 Å². The van der Waals surface area contributed by atoms with E-state index in [1.54, 1.807) is 0 Å². The first-order valence-corrected chi connectivity index (χ1v) is 7.36. The minimum Gasteiger partial charge on any atom is -0.390 e. The van der Waals surface area contributed by atoms with Crippen LogP contribution in [-0.2, 0) is 9.53 Å². The van der Waals surface area contributed by atoms with Crippen LogP contribution in [0.5, 0.6) is 0 Å². The fraction of sp³-hybridized carbons (Fsp3) is 0.929. The lowest BCUT2D eigenvalue weighted by Gasteiger charge is -2.37. The zero-order valence-corrected chi connectivity index (χ0v) is 12.0. The first-order chi connectivity index (χ1) is 9.03. The highest BCUT2D eigenvalue weighted by molar-refractivity contribution is 5.80. The minimum atomic E-state index is -0.608. The number of carbonyl (C=O) groups excluding carboxylic acids is 1. The minimum absolute atomic E-state index is 0.0606. The lowest BCUT2D eigenvalue weighted by molar-refractivity contribution is -0.139. The molecule has 2 rings (SSSR count). The van der Waals surface area contributed by atoms with Crippen molar-refractivity contribution in [1.29, 1.82) is 0 Å². The Balaban J connectivity index is 1.88. The summed E-state index contributed by atoms with van der Waals surface area (Å²) in [5.41, 5.74) is -0.608. The zero-order valence-electron chi connectivity index (χ0n) is 12.0. The smallest absolute Gasteiger partial charge is 0.229 e. The summed E-state index contributed by atoms with van der Waals surface area (Å²) in [6.45, 7) is 7.35. The molecule has 0 saturated carbocycles. The third-order valence-corrected chi connectivity index (χ3v) is 4.21. The van der Waals surface area contributed by atoms with Crippen LogP contribution in [0.4, 0.5) is 0 Å². The number of hydrogen-bond acceptors (Lipinski definition) is 4. The van der Waals surface area contributed by atoms with Gasteiger partial charge in [-0.2, -0.15) is 0 Å². The van der Waals surface area contributed by atoms with Gasteiger partial charge in [0.1, 0.15) is 0 Å². The molecule has 2 heterocycles. The summed E-state index contributed by atoms with van der Waals surface area (Å²) in [6, 6.07) is 0.148. The van der Waals surface area contributed by atoms with Crippen molar-refractivity contribution in [2.45, 2.75) is 44.8 Å². The Kier molecular flexibility index (Phi) is 4.81. The van der Waals surface area contributed by atoms with E-state index >= 15 is 0 Å². The van der Waals surface area contributed by atoms with Gasteiger partial charge in [-0.1, -0.05) is 6.92 Å². The van der Waals surface area contributed by atoms with Crippen LogP contribution in [0.3, 0.4) is 0 Å². The van der Waals surface area contributed by atoms with Gasteiger partial charge in [-0.05, 0) is 32.7 Å². The van der Waals surface area contributed by atoms with Crippen LogP contribution in [-0.4, -0.2) is 60.4 Å². The molecule has 5 nitrogen and oxygen atoms in total. The zero-order chi connectivity index (χ0) is 13.9. The molecule has 1 amide bonds.